The fraction of sp³-hybridized carbons (Fsp3) is 0.889. The van der Waals surface area contributed by atoms with Crippen molar-refractivity contribution in [1.29, 1.82) is 0 Å². The van der Waals surface area contributed by atoms with Gasteiger partial charge >= 0.3 is 5.97 Å². The molecule has 0 aromatic heterocycles. The third-order valence-electron chi connectivity index (χ3n) is 2.24. The molecule has 78 valence electrons. The number of ether oxygens (including phenoxy) is 1. The van der Waals surface area contributed by atoms with Gasteiger partial charge in [-0.05, 0) is 25.1 Å². The largest absolute Gasteiger partial charge is 0.466 e. The Morgan fingerprint density at radius 1 is 1.54 bits per heavy atom. The van der Waals surface area contributed by atoms with Crippen LogP contribution in [0.3, 0.4) is 0 Å². The first kappa shape index (κ1) is 12.6. The Bertz CT molecular complexity index is 165. The summed E-state index contributed by atoms with van der Waals surface area (Å²) >= 11 is 0. The van der Waals surface area contributed by atoms with Gasteiger partial charge in [0.25, 0.3) is 0 Å². The van der Waals surface area contributed by atoms with E-state index in [-0.39, 0.29) is 11.5 Å². The number of hydrogen-bond acceptors (Lipinski definition) is 2. The Hall–Kier alpha value is -0.383. The Morgan fingerprint density at radius 2 is 2.08 bits per heavy atom. The molecule has 0 saturated heterocycles. The van der Waals surface area contributed by atoms with Crippen molar-refractivity contribution in [3.8, 4) is 0 Å². The molecule has 0 bridgehead atoms. The fourth-order valence-electron chi connectivity index (χ4n) is 1.38. The topological polar surface area (TPSA) is 26.3 Å². The van der Waals surface area contributed by atoms with Crippen molar-refractivity contribution in [1.82, 2.24) is 0 Å². The number of carbonyl (C=O) groups excluding carboxylic acids is 1. The molecule has 0 amide bonds. The monoisotopic (exact) mass is 206 g/mol. The molecule has 0 aliphatic carbocycles. The van der Waals surface area contributed by atoms with Gasteiger partial charge in [0.05, 0.1) is 6.61 Å². The van der Waals surface area contributed by atoms with E-state index in [4.69, 9.17) is 4.74 Å². The minimum absolute atomic E-state index is 0.104. The van der Waals surface area contributed by atoms with E-state index in [1.165, 1.54) is 6.92 Å². The van der Waals surface area contributed by atoms with Gasteiger partial charge in [0, 0.05) is 6.92 Å². The lowest BCUT2D eigenvalue weighted by atomic mass is 10.2. The highest BCUT2D eigenvalue weighted by Gasteiger charge is 2.31. The SMILES string of the molecule is CCC(CCOC(C)=O)[Si](C)(C)F. The molecule has 13 heavy (non-hydrogen) atoms. The molecule has 0 aromatic carbocycles. The molecule has 1 atom stereocenters. The molecule has 1 unspecified atom stereocenters. The maximum Gasteiger partial charge on any atom is 0.302 e. The highest BCUT2D eigenvalue weighted by Crippen LogP contribution is 2.29. The van der Waals surface area contributed by atoms with E-state index in [1.54, 1.807) is 13.1 Å². The average Bonchev–Trinajstić information content (AvgIpc) is 1.95. The number of carbonyl (C=O) groups is 1. The lowest BCUT2D eigenvalue weighted by Crippen LogP contribution is -2.27. The van der Waals surface area contributed by atoms with Crippen LogP contribution in [0.2, 0.25) is 18.6 Å². The van der Waals surface area contributed by atoms with Crippen LogP contribution in [-0.2, 0) is 9.53 Å². The van der Waals surface area contributed by atoms with Gasteiger partial charge in [0.1, 0.15) is 0 Å². The Balaban J connectivity index is 3.80. The van der Waals surface area contributed by atoms with Crippen molar-refractivity contribution in [2.75, 3.05) is 6.61 Å². The lowest BCUT2D eigenvalue weighted by Gasteiger charge is -2.22. The molecular formula is C9H19FO2Si. The first-order valence-corrected chi connectivity index (χ1v) is 7.65. The van der Waals surface area contributed by atoms with E-state index in [1.807, 2.05) is 6.92 Å². The molecule has 2 nitrogen and oxygen atoms in total. The summed E-state index contributed by atoms with van der Waals surface area (Å²) in [7, 11) is -2.55. The van der Waals surface area contributed by atoms with Crippen molar-refractivity contribution >= 4 is 14.4 Å². The van der Waals surface area contributed by atoms with Gasteiger partial charge in [-0.1, -0.05) is 13.3 Å². The molecule has 0 aliphatic heterocycles. The Morgan fingerprint density at radius 3 is 2.38 bits per heavy atom. The number of rotatable bonds is 5. The number of halogens is 1. The summed E-state index contributed by atoms with van der Waals surface area (Å²) in [5.41, 5.74) is 0.104. The molecule has 0 aromatic rings. The van der Waals surface area contributed by atoms with Crippen LogP contribution in [0.5, 0.6) is 0 Å². The summed E-state index contributed by atoms with van der Waals surface area (Å²) in [6.07, 6.45) is 1.49. The van der Waals surface area contributed by atoms with Crippen LogP contribution in [-0.4, -0.2) is 21.0 Å². The van der Waals surface area contributed by atoms with Gasteiger partial charge in [-0.25, -0.2) is 0 Å². The van der Waals surface area contributed by atoms with Crippen molar-refractivity contribution in [3.63, 3.8) is 0 Å². The molecular weight excluding hydrogens is 187 g/mol. The summed E-state index contributed by atoms with van der Waals surface area (Å²) in [5.74, 6) is -0.284. The molecule has 0 heterocycles. The third kappa shape index (κ3) is 5.79. The zero-order valence-corrected chi connectivity index (χ0v) is 9.89. The number of esters is 1. The van der Waals surface area contributed by atoms with Gasteiger partial charge in [-0.2, -0.15) is 0 Å². The van der Waals surface area contributed by atoms with E-state index in [2.05, 4.69) is 0 Å². The van der Waals surface area contributed by atoms with E-state index >= 15 is 0 Å². The van der Waals surface area contributed by atoms with Crippen LogP contribution in [0, 0.1) is 0 Å². The Kier molecular flexibility index (Phi) is 5.21. The summed E-state index contributed by atoms with van der Waals surface area (Å²) in [6.45, 7) is 7.11. The maximum absolute atomic E-state index is 13.6. The third-order valence-corrected chi connectivity index (χ3v) is 4.87. The van der Waals surface area contributed by atoms with Gasteiger partial charge in [0.15, 0.2) is 0 Å². The smallest absolute Gasteiger partial charge is 0.302 e. The minimum atomic E-state index is -2.55. The van der Waals surface area contributed by atoms with Crippen molar-refractivity contribution in [2.24, 2.45) is 0 Å². The molecule has 0 aliphatic rings. The van der Waals surface area contributed by atoms with E-state index in [9.17, 15) is 8.90 Å². The quantitative estimate of drug-likeness (QED) is 0.393. The van der Waals surface area contributed by atoms with Crippen LogP contribution < -0.4 is 0 Å². The van der Waals surface area contributed by atoms with Crippen molar-refractivity contribution in [3.05, 3.63) is 0 Å². The van der Waals surface area contributed by atoms with Gasteiger partial charge in [-0.3, -0.25) is 4.79 Å². The zero-order chi connectivity index (χ0) is 10.5. The van der Waals surface area contributed by atoms with Crippen LogP contribution in [0.15, 0.2) is 0 Å². The second-order valence-corrected chi connectivity index (χ2v) is 7.74. The molecule has 4 heteroatoms. The van der Waals surface area contributed by atoms with Gasteiger partial charge in [0.2, 0.25) is 8.41 Å². The first-order chi connectivity index (χ1) is 5.88. The molecule has 0 spiro atoms. The van der Waals surface area contributed by atoms with E-state index in [0.717, 1.165) is 6.42 Å². The van der Waals surface area contributed by atoms with E-state index < -0.39 is 8.41 Å². The summed E-state index contributed by atoms with van der Waals surface area (Å²) < 4.78 is 18.4. The average molecular weight is 206 g/mol. The maximum atomic E-state index is 13.6. The van der Waals surface area contributed by atoms with Crippen LogP contribution in [0.1, 0.15) is 26.7 Å². The van der Waals surface area contributed by atoms with Crippen LogP contribution in [0.4, 0.5) is 4.11 Å². The Labute approximate surface area is 80.7 Å². The second-order valence-electron chi connectivity index (χ2n) is 3.80. The minimum Gasteiger partial charge on any atom is -0.466 e. The summed E-state index contributed by atoms with van der Waals surface area (Å²) in [6, 6.07) is 0. The predicted octanol–water partition coefficient (Wildman–Crippen LogP) is 2.89. The van der Waals surface area contributed by atoms with Crippen LogP contribution in [0.25, 0.3) is 0 Å². The highest BCUT2D eigenvalue weighted by atomic mass is 28.4. The van der Waals surface area contributed by atoms with E-state index in [0.29, 0.717) is 13.0 Å². The predicted molar refractivity (Wildman–Crippen MR) is 53.9 cm³/mol. The summed E-state index contributed by atoms with van der Waals surface area (Å²) in [5, 5.41) is 0. The molecule has 0 rings (SSSR count). The first-order valence-electron chi connectivity index (χ1n) is 4.70. The van der Waals surface area contributed by atoms with Crippen molar-refractivity contribution in [2.45, 2.75) is 45.3 Å². The molecule has 0 N–H and O–H groups in total. The van der Waals surface area contributed by atoms with Gasteiger partial charge in [-0.15, -0.1) is 0 Å². The molecule has 0 radical (unpaired) electrons. The summed E-state index contributed by atoms with van der Waals surface area (Å²) in [4.78, 5) is 10.5. The van der Waals surface area contributed by atoms with Crippen LogP contribution >= 0.6 is 0 Å². The fourth-order valence-corrected chi connectivity index (χ4v) is 3.15. The zero-order valence-electron chi connectivity index (χ0n) is 8.89. The molecule has 0 saturated carbocycles. The van der Waals surface area contributed by atoms with Gasteiger partial charge < -0.3 is 8.84 Å². The highest BCUT2D eigenvalue weighted by molar-refractivity contribution is 6.72. The lowest BCUT2D eigenvalue weighted by molar-refractivity contribution is -0.141. The van der Waals surface area contributed by atoms with Crippen molar-refractivity contribution < 1.29 is 13.6 Å². The number of hydrogen-bond donors (Lipinski definition) is 0. The second kappa shape index (κ2) is 5.37. The molecule has 0 fully saturated rings. The standard InChI is InChI=1S/C9H19FO2Si/c1-5-9(13(3,4)10)6-7-12-8(2)11/h9H,5-7H2,1-4H3. The normalized spacial score (nSPS) is 13.9.